The smallest absolute Gasteiger partial charge is 0.278 e. The number of carbonyl (C=O) groups excluding carboxylic acids is 2. The molecule has 2 heterocycles. The van der Waals surface area contributed by atoms with Crippen molar-refractivity contribution in [2.75, 3.05) is 6.54 Å². The van der Waals surface area contributed by atoms with E-state index in [2.05, 4.69) is 4.98 Å². The molecule has 1 aromatic heterocycles. The molecule has 6 heteroatoms. The van der Waals surface area contributed by atoms with Gasteiger partial charge in [-0.25, -0.2) is 4.98 Å². The first kappa shape index (κ1) is 19.1. The number of Topliss-reactive ketones (excluding diaryl/α,β-unsaturated/α-hetero) is 1. The van der Waals surface area contributed by atoms with Gasteiger partial charge in [-0.1, -0.05) is 36.7 Å². The van der Waals surface area contributed by atoms with Crippen LogP contribution in [0.1, 0.15) is 61.7 Å². The van der Waals surface area contributed by atoms with Gasteiger partial charge in [0.2, 0.25) is 0 Å². The summed E-state index contributed by atoms with van der Waals surface area (Å²) in [5.74, 6) is 0.970. The van der Waals surface area contributed by atoms with Crippen LogP contribution in [-0.4, -0.2) is 34.2 Å². The van der Waals surface area contributed by atoms with Crippen LogP contribution in [0.5, 0.6) is 10.9 Å². The van der Waals surface area contributed by atoms with Crippen molar-refractivity contribution in [2.24, 2.45) is 5.92 Å². The second-order valence-electron chi connectivity index (χ2n) is 7.66. The molecule has 0 N–H and O–H groups in total. The van der Waals surface area contributed by atoms with Gasteiger partial charge in [-0.3, -0.25) is 9.59 Å². The van der Waals surface area contributed by atoms with Crippen LogP contribution in [0.2, 0.25) is 0 Å². The van der Waals surface area contributed by atoms with Crippen LogP contribution in [0.4, 0.5) is 0 Å². The minimum Gasteiger partial charge on any atom is -0.431 e. The van der Waals surface area contributed by atoms with Gasteiger partial charge < -0.3 is 9.64 Å². The minimum atomic E-state index is 0.00514. The lowest BCUT2D eigenvalue weighted by molar-refractivity contribution is -0.126. The summed E-state index contributed by atoms with van der Waals surface area (Å²) in [6.07, 6.45) is 9.49. The van der Waals surface area contributed by atoms with Crippen LogP contribution in [0.3, 0.4) is 0 Å². The van der Waals surface area contributed by atoms with E-state index in [0.29, 0.717) is 28.7 Å². The van der Waals surface area contributed by atoms with Crippen LogP contribution in [-0.2, 0) is 4.79 Å². The Balaban J connectivity index is 1.56. The molecule has 2 aliphatic rings. The van der Waals surface area contributed by atoms with E-state index in [9.17, 15) is 9.59 Å². The Morgan fingerprint density at radius 3 is 2.86 bits per heavy atom. The zero-order valence-electron chi connectivity index (χ0n) is 16.0. The van der Waals surface area contributed by atoms with Crippen molar-refractivity contribution in [3.63, 3.8) is 0 Å². The number of aromatic nitrogens is 1. The molecule has 1 aliphatic carbocycles. The Morgan fingerprint density at radius 2 is 2.04 bits per heavy atom. The van der Waals surface area contributed by atoms with Crippen molar-refractivity contribution in [3.05, 3.63) is 41.4 Å². The average molecular weight is 399 g/mol. The van der Waals surface area contributed by atoms with E-state index in [-0.39, 0.29) is 17.9 Å². The first-order valence-electron chi connectivity index (χ1n) is 10.2. The summed E-state index contributed by atoms with van der Waals surface area (Å²) in [6, 6.07) is 7.33. The van der Waals surface area contributed by atoms with Gasteiger partial charge in [0.1, 0.15) is 11.5 Å². The second-order valence-corrected chi connectivity index (χ2v) is 8.52. The third kappa shape index (κ3) is 4.27. The molecule has 28 heavy (non-hydrogen) atoms. The molecule has 4 rings (SSSR count). The number of amides is 1. The largest absolute Gasteiger partial charge is 0.431 e. The van der Waals surface area contributed by atoms with Crippen molar-refractivity contribution < 1.29 is 14.3 Å². The lowest BCUT2D eigenvalue weighted by Crippen LogP contribution is -2.47. The maximum absolute atomic E-state index is 13.4. The van der Waals surface area contributed by atoms with E-state index in [4.69, 9.17) is 4.74 Å². The van der Waals surface area contributed by atoms with Crippen LogP contribution in [0.25, 0.3) is 0 Å². The molecule has 0 bridgehead atoms. The number of ketones is 1. The van der Waals surface area contributed by atoms with Crippen molar-refractivity contribution in [1.82, 2.24) is 9.88 Å². The van der Waals surface area contributed by atoms with Gasteiger partial charge in [-0.15, -0.1) is 0 Å². The van der Waals surface area contributed by atoms with Gasteiger partial charge in [0, 0.05) is 42.1 Å². The minimum absolute atomic E-state index is 0.00514. The summed E-state index contributed by atoms with van der Waals surface area (Å²) in [5, 5.41) is 2.41. The van der Waals surface area contributed by atoms with Gasteiger partial charge >= 0.3 is 0 Å². The Bertz CT molecular complexity index is 821. The lowest BCUT2D eigenvalue weighted by Gasteiger charge is -2.37. The molecule has 2 aromatic rings. The maximum Gasteiger partial charge on any atom is 0.278 e. The van der Waals surface area contributed by atoms with E-state index >= 15 is 0 Å². The molecule has 5 nitrogen and oxygen atoms in total. The normalized spacial score (nSPS) is 23.3. The molecule has 2 atom stereocenters. The first-order chi connectivity index (χ1) is 13.7. The highest BCUT2D eigenvalue weighted by Gasteiger charge is 2.37. The Hall–Kier alpha value is -2.21. The zero-order valence-corrected chi connectivity index (χ0v) is 16.8. The van der Waals surface area contributed by atoms with Crippen LogP contribution < -0.4 is 4.74 Å². The van der Waals surface area contributed by atoms with Crippen LogP contribution in [0, 0.1) is 5.92 Å². The number of ether oxygens (including phenoxy) is 1. The van der Waals surface area contributed by atoms with Gasteiger partial charge in [0.25, 0.3) is 11.1 Å². The fourth-order valence-corrected chi connectivity index (χ4v) is 4.95. The monoisotopic (exact) mass is 398 g/mol. The topological polar surface area (TPSA) is 59.5 Å². The van der Waals surface area contributed by atoms with Crippen molar-refractivity contribution in [1.29, 1.82) is 0 Å². The molecule has 1 saturated carbocycles. The van der Waals surface area contributed by atoms with Crippen molar-refractivity contribution in [3.8, 4) is 10.9 Å². The standard InChI is InChI=1S/C22H26N2O3S/c25-20-11-4-3-9-18(20)19-10-2-1-5-13-24(19)21(26)16-7-6-8-17(15-16)27-22-23-12-14-28-22/h6-8,12,14-15,18-19H,1-5,9-11,13H2/t18-,19+/m1/s1. The van der Waals surface area contributed by atoms with Gasteiger partial charge in [-0.05, 0) is 43.9 Å². The van der Waals surface area contributed by atoms with E-state index in [1.165, 1.54) is 11.3 Å². The van der Waals surface area contributed by atoms with E-state index in [0.717, 1.165) is 51.5 Å². The van der Waals surface area contributed by atoms with Gasteiger partial charge in [0.15, 0.2) is 0 Å². The SMILES string of the molecule is O=C1CCCC[C@@H]1[C@@H]1CCCCCN1C(=O)c1cccc(Oc2nccs2)c1. The van der Waals surface area contributed by atoms with Crippen LogP contribution >= 0.6 is 11.3 Å². The third-order valence-electron chi connectivity index (χ3n) is 5.82. The zero-order chi connectivity index (χ0) is 19.3. The molecular weight excluding hydrogens is 372 g/mol. The second kappa shape index (κ2) is 8.86. The molecule has 1 aromatic carbocycles. The summed E-state index contributed by atoms with van der Waals surface area (Å²) < 4.78 is 5.76. The average Bonchev–Trinajstić information content (AvgIpc) is 3.10. The van der Waals surface area contributed by atoms with E-state index in [1.807, 2.05) is 28.5 Å². The van der Waals surface area contributed by atoms with Crippen LogP contribution in [0.15, 0.2) is 35.8 Å². The molecule has 1 aliphatic heterocycles. The van der Waals surface area contributed by atoms with Crippen molar-refractivity contribution in [2.45, 2.75) is 57.4 Å². The molecule has 0 radical (unpaired) electrons. The Morgan fingerprint density at radius 1 is 1.14 bits per heavy atom. The molecule has 1 amide bonds. The number of rotatable bonds is 4. The molecule has 148 valence electrons. The first-order valence-corrected chi connectivity index (χ1v) is 11.1. The summed E-state index contributed by atoms with van der Waals surface area (Å²) in [7, 11) is 0. The number of nitrogens with zero attached hydrogens (tertiary/aromatic N) is 2. The summed E-state index contributed by atoms with van der Waals surface area (Å²) in [5.41, 5.74) is 0.615. The number of thiazole rings is 1. The Kier molecular flexibility index (Phi) is 6.05. The Labute approximate surface area is 169 Å². The summed E-state index contributed by atoms with van der Waals surface area (Å²) in [4.78, 5) is 32.1. The molecule has 0 unspecified atom stereocenters. The molecule has 0 spiro atoms. The number of hydrogen-bond acceptors (Lipinski definition) is 5. The summed E-state index contributed by atoms with van der Waals surface area (Å²) >= 11 is 1.42. The van der Waals surface area contributed by atoms with E-state index < -0.39 is 0 Å². The number of benzene rings is 1. The quantitative estimate of drug-likeness (QED) is 0.721. The number of likely N-dealkylation sites (tertiary alicyclic amines) is 1. The van der Waals surface area contributed by atoms with Gasteiger partial charge in [0.05, 0.1) is 0 Å². The molecule has 2 fully saturated rings. The van der Waals surface area contributed by atoms with Gasteiger partial charge in [-0.2, -0.15) is 0 Å². The third-order valence-corrected chi connectivity index (χ3v) is 6.47. The highest BCUT2D eigenvalue weighted by molar-refractivity contribution is 7.11. The number of hydrogen-bond donors (Lipinski definition) is 0. The number of carbonyl (C=O) groups is 2. The summed E-state index contributed by atoms with van der Waals surface area (Å²) in [6.45, 7) is 0.727. The maximum atomic E-state index is 13.4. The molecule has 1 saturated heterocycles. The predicted molar refractivity (Wildman–Crippen MR) is 109 cm³/mol. The molecular formula is C22H26N2O3S. The fraction of sp³-hybridized carbons (Fsp3) is 0.500. The predicted octanol–water partition coefficient (Wildman–Crippen LogP) is 5.08. The lowest BCUT2D eigenvalue weighted by atomic mass is 9.80. The van der Waals surface area contributed by atoms with Crippen molar-refractivity contribution >= 4 is 23.0 Å². The fourth-order valence-electron chi connectivity index (χ4n) is 4.44. The van der Waals surface area contributed by atoms with E-state index in [1.54, 1.807) is 12.3 Å². The highest BCUT2D eigenvalue weighted by atomic mass is 32.1. The highest BCUT2D eigenvalue weighted by Crippen LogP contribution is 2.33.